The Morgan fingerprint density at radius 1 is 1.45 bits per heavy atom. The first-order valence-electron chi connectivity index (χ1n) is 3.53. The lowest BCUT2D eigenvalue weighted by Gasteiger charge is -2.26. The SMILES string of the molecule is CCCC(OC)(OC)C(N)=O. The van der Waals surface area contributed by atoms with E-state index in [1.54, 1.807) is 0 Å². The van der Waals surface area contributed by atoms with Crippen molar-refractivity contribution in [3.8, 4) is 0 Å². The Hall–Kier alpha value is -0.610. The summed E-state index contributed by atoms with van der Waals surface area (Å²) in [5, 5.41) is 0. The van der Waals surface area contributed by atoms with Gasteiger partial charge in [-0.05, 0) is 0 Å². The van der Waals surface area contributed by atoms with E-state index in [9.17, 15) is 4.79 Å². The molecular weight excluding hydrogens is 146 g/mol. The molecule has 0 aliphatic heterocycles. The molecule has 2 N–H and O–H groups in total. The van der Waals surface area contributed by atoms with Gasteiger partial charge in [-0.3, -0.25) is 4.79 Å². The van der Waals surface area contributed by atoms with Gasteiger partial charge in [-0.15, -0.1) is 0 Å². The van der Waals surface area contributed by atoms with E-state index in [0.29, 0.717) is 6.42 Å². The van der Waals surface area contributed by atoms with E-state index in [-0.39, 0.29) is 0 Å². The number of hydrogen-bond donors (Lipinski definition) is 1. The number of rotatable bonds is 5. The molecule has 0 atom stereocenters. The van der Waals surface area contributed by atoms with Crippen LogP contribution in [0.1, 0.15) is 19.8 Å². The van der Waals surface area contributed by atoms with Gasteiger partial charge in [0.05, 0.1) is 0 Å². The summed E-state index contributed by atoms with van der Waals surface area (Å²) in [6.07, 6.45) is 1.26. The number of carbonyl (C=O) groups excluding carboxylic acids is 1. The standard InChI is InChI=1S/C7H15NO3/c1-4-5-7(10-2,11-3)6(8)9/h4-5H2,1-3H3,(H2,8,9). The molecule has 0 aromatic carbocycles. The third-order valence-electron chi connectivity index (χ3n) is 1.61. The van der Waals surface area contributed by atoms with Crippen LogP contribution >= 0.6 is 0 Å². The van der Waals surface area contributed by atoms with Crippen molar-refractivity contribution < 1.29 is 14.3 Å². The Morgan fingerprint density at radius 3 is 2.00 bits per heavy atom. The zero-order chi connectivity index (χ0) is 8.91. The molecule has 0 aliphatic carbocycles. The van der Waals surface area contributed by atoms with Crippen molar-refractivity contribution in [2.24, 2.45) is 5.73 Å². The second-order valence-electron chi connectivity index (χ2n) is 2.28. The van der Waals surface area contributed by atoms with Crippen LogP contribution in [0.15, 0.2) is 0 Å². The highest BCUT2D eigenvalue weighted by atomic mass is 16.7. The van der Waals surface area contributed by atoms with Gasteiger partial charge in [-0.1, -0.05) is 13.3 Å². The average molecular weight is 161 g/mol. The van der Waals surface area contributed by atoms with E-state index in [1.165, 1.54) is 14.2 Å². The van der Waals surface area contributed by atoms with Crippen LogP contribution in [0, 0.1) is 0 Å². The van der Waals surface area contributed by atoms with Gasteiger partial charge < -0.3 is 15.2 Å². The largest absolute Gasteiger partial charge is 0.365 e. The Bertz CT molecular complexity index is 132. The molecule has 4 nitrogen and oxygen atoms in total. The van der Waals surface area contributed by atoms with Gasteiger partial charge in [0.25, 0.3) is 5.91 Å². The van der Waals surface area contributed by atoms with E-state index in [4.69, 9.17) is 15.2 Å². The summed E-state index contributed by atoms with van der Waals surface area (Å²) in [5.41, 5.74) is 5.09. The van der Waals surface area contributed by atoms with Crippen molar-refractivity contribution >= 4 is 5.91 Å². The van der Waals surface area contributed by atoms with Gasteiger partial charge >= 0.3 is 0 Å². The van der Waals surface area contributed by atoms with Crippen LogP contribution in [0.5, 0.6) is 0 Å². The van der Waals surface area contributed by atoms with Crippen molar-refractivity contribution in [2.75, 3.05) is 14.2 Å². The van der Waals surface area contributed by atoms with Crippen LogP contribution in [0.2, 0.25) is 0 Å². The predicted molar refractivity (Wildman–Crippen MR) is 40.9 cm³/mol. The Kier molecular flexibility index (Phi) is 4.07. The number of methoxy groups -OCH3 is 2. The monoisotopic (exact) mass is 161 g/mol. The summed E-state index contributed by atoms with van der Waals surface area (Å²) in [6.45, 7) is 1.93. The van der Waals surface area contributed by atoms with Crippen molar-refractivity contribution in [3.05, 3.63) is 0 Å². The summed E-state index contributed by atoms with van der Waals surface area (Å²) < 4.78 is 9.78. The first-order valence-corrected chi connectivity index (χ1v) is 3.53. The molecule has 0 aromatic rings. The third-order valence-corrected chi connectivity index (χ3v) is 1.61. The summed E-state index contributed by atoms with van der Waals surface area (Å²) in [6, 6.07) is 0. The van der Waals surface area contributed by atoms with Gasteiger partial charge in [0.1, 0.15) is 0 Å². The van der Waals surface area contributed by atoms with Gasteiger partial charge in [0.2, 0.25) is 5.79 Å². The van der Waals surface area contributed by atoms with Crippen LogP contribution < -0.4 is 5.73 Å². The fourth-order valence-corrected chi connectivity index (χ4v) is 0.941. The lowest BCUT2D eigenvalue weighted by atomic mass is 10.1. The normalized spacial score (nSPS) is 11.5. The van der Waals surface area contributed by atoms with Crippen LogP contribution in [-0.2, 0) is 14.3 Å². The van der Waals surface area contributed by atoms with Gasteiger partial charge in [-0.2, -0.15) is 0 Å². The second kappa shape index (κ2) is 4.31. The molecule has 0 rings (SSSR count). The molecule has 0 radical (unpaired) electrons. The van der Waals surface area contributed by atoms with Gasteiger partial charge in [0.15, 0.2) is 0 Å². The molecular formula is C7H15NO3. The minimum Gasteiger partial charge on any atom is -0.365 e. The minimum absolute atomic E-state index is 0.481. The lowest BCUT2D eigenvalue weighted by Crippen LogP contribution is -2.47. The second-order valence-corrected chi connectivity index (χ2v) is 2.28. The number of carbonyl (C=O) groups is 1. The molecule has 4 heteroatoms. The Labute approximate surface area is 66.7 Å². The summed E-state index contributed by atoms with van der Waals surface area (Å²) in [7, 11) is 2.81. The summed E-state index contributed by atoms with van der Waals surface area (Å²) in [5.74, 6) is -1.81. The average Bonchev–Trinajstić information content (AvgIpc) is 2.00. The molecule has 0 fully saturated rings. The molecule has 11 heavy (non-hydrogen) atoms. The van der Waals surface area contributed by atoms with E-state index in [1.807, 2.05) is 6.92 Å². The molecule has 0 unspecified atom stereocenters. The zero-order valence-electron chi connectivity index (χ0n) is 7.22. The zero-order valence-corrected chi connectivity index (χ0v) is 7.22. The van der Waals surface area contributed by atoms with Crippen LogP contribution in [0.25, 0.3) is 0 Å². The minimum atomic E-state index is -1.23. The number of ether oxygens (including phenoxy) is 2. The van der Waals surface area contributed by atoms with Crippen LogP contribution in [-0.4, -0.2) is 25.9 Å². The fourth-order valence-electron chi connectivity index (χ4n) is 0.941. The number of primary amides is 1. The van der Waals surface area contributed by atoms with Gasteiger partial charge in [-0.25, -0.2) is 0 Å². The summed E-state index contributed by atoms with van der Waals surface area (Å²) in [4.78, 5) is 10.8. The lowest BCUT2D eigenvalue weighted by molar-refractivity contribution is -0.209. The highest BCUT2D eigenvalue weighted by Gasteiger charge is 2.35. The van der Waals surface area contributed by atoms with Crippen molar-refractivity contribution in [1.82, 2.24) is 0 Å². The van der Waals surface area contributed by atoms with Crippen LogP contribution in [0.4, 0.5) is 0 Å². The Morgan fingerprint density at radius 2 is 1.91 bits per heavy atom. The topological polar surface area (TPSA) is 61.6 Å². The predicted octanol–water partition coefficient (Wildman–Crippen LogP) is 0.261. The smallest absolute Gasteiger partial charge is 0.277 e. The molecule has 1 amide bonds. The fraction of sp³-hybridized carbons (Fsp3) is 0.857. The quantitative estimate of drug-likeness (QED) is 0.588. The molecule has 0 aromatic heterocycles. The molecule has 0 saturated carbocycles. The molecule has 0 heterocycles. The molecule has 66 valence electrons. The first-order chi connectivity index (χ1) is 5.13. The number of hydrogen-bond acceptors (Lipinski definition) is 3. The van der Waals surface area contributed by atoms with Crippen LogP contribution in [0.3, 0.4) is 0 Å². The first kappa shape index (κ1) is 10.4. The van der Waals surface area contributed by atoms with E-state index in [2.05, 4.69) is 0 Å². The molecule has 0 aliphatic rings. The summed E-state index contributed by atoms with van der Waals surface area (Å²) >= 11 is 0. The maximum Gasteiger partial charge on any atom is 0.277 e. The highest BCUT2D eigenvalue weighted by Crippen LogP contribution is 2.17. The highest BCUT2D eigenvalue weighted by molar-refractivity contribution is 5.81. The maximum atomic E-state index is 10.8. The Balaban J connectivity index is 4.32. The molecule has 0 spiro atoms. The van der Waals surface area contributed by atoms with Gasteiger partial charge in [0, 0.05) is 20.6 Å². The third kappa shape index (κ3) is 2.17. The molecule has 0 bridgehead atoms. The number of nitrogens with two attached hydrogens (primary N) is 1. The van der Waals surface area contributed by atoms with Crippen molar-refractivity contribution in [2.45, 2.75) is 25.6 Å². The van der Waals surface area contributed by atoms with E-state index < -0.39 is 11.7 Å². The molecule has 0 saturated heterocycles. The van der Waals surface area contributed by atoms with Crippen molar-refractivity contribution in [1.29, 1.82) is 0 Å². The van der Waals surface area contributed by atoms with E-state index in [0.717, 1.165) is 6.42 Å². The maximum absolute atomic E-state index is 10.8. The van der Waals surface area contributed by atoms with Crippen molar-refractivity contribution in [3.63, 3.8) is 0 Å². The number of amides is 1. The van der Waals surface area contributed by atoms with E-state index >= 15 is 0 Å².